The predicted octanol–water partition coefficient (Wildman–Crippen LogP) is 2.57. The summed E-state index contributed by atoms with van der Waals surface area (Å²) in [6, 6.07) is 2.01. The Balaban J connectivity index is 1.92. The Morgan fingerprint density at radius 1 is 1.67 bits per heavy atom. The molecule has 0 aliphatic carbocycles. The van der Waals surface area contributed by atoms with Crippen molar-refractivity contribution in [3.8, 4) is 5.88 Å². The van der Waals surface area contributed by atoms with E-state index in [-0.39, 0.29) is 0 Å². The van der Waals surface area contributed by atoms with Crippen LogP contribution in [0.1, 0.15) is 12.0 Å². The number of aromatic nitrogens is 1. The molecule has 2 rings (SSSR count). The summed E-state index contributed by atoms with van der Waals surface area (Å²) in [5.41, 5.74) is 1.06. The van der Waals surface area contributed by atoms with Crippen LogP contribution in [0.25, 0.3) is 0 Å². The summed E-state index contributed by atoms with van der Waals surface area (Å²) in [6.07, 6.45) is 2.85. The van der Waals surface area contributed by atoms with Gasteiger partial charge in [-0.15, -0.1) is 0 Å². The van der Waals surface area contributed by atoms with E-state index in [2.05, 4.69) is 20.9 Å². The van der Waals surface area contributed by atoms with E-state index in [0.717, 1.165) is 35.6 Å². The fourth-order valence-electron chi connectivity index (χ4n) is 1.59. The molecule has 1 aromatic heterocycles. The Labute approximate surface area is 97.9 Å². The lowest BCUT2D eigenvalue weighted by atomic mass is 10.1. The first-order valence-corrected chi connectivity index (χ1v) is 5.87. The number of ether oxygens (including phenoxy) is 2. The third kappa shape index (κ3) is 2.92. The Kier molecular flexibility index (Phi) is 3.59. The van der Waals surface area contributed by atoms with Crippen LogP contribution in [0, 0.1) is 12.8 Å². The number of aryl methyl sites for hydroxylation is 1. The van der Waals surface area contributed by atoms with Gasteiger partial charge in [-0.25, -0.2) is 4.98 Å². The Bertz CT molecular complexity index is 337. The van der Waals surface area contributed by atoms with E-state index in [9.17, 15) is 0 Å². The van der Waals surface area contributed by atoms with Gasteiger partial charge in [0.05, 0.1) is 13.2 Å². The van der Waals surface area contributed by atoms with Crippen LogP contribution in [0.15, 0.2) is 16.7 Å². The molecule has 0 N–H and O–H groups in total. The monoisotopic (exact) mass is 271 g/mol. The third-order valence-electron chi connectivity index (χ3n) is 2.48. The van der Waals surface area contributed by atoms with E-state index in [0.29, 0.717) is 12.5 Å². The van der Waals surface area contributed by atoms with Crippen molar-refractivity contribution in [2.24, 2.45) is 5.92 Å². The smallest absolute Gasteiger partial charge is 0.216 e. The van der Waals surface area contributed by atoms with Crippen LogP contribution in [-0.4, -0.2) is 24.8 Å². The summed E-state index contributed by atoms with van der Waals surface area (Å²) < 4.78 is 11.9. The molecule has 15 heavy (non-hydrogen) atoms. The third-order valence-corrected chi connectivity index (χ3v) is 2.91. The molecule has 2 heterocycles. The second-order valence-corrected chi connectivity index (χ2v) is 4.73. The van der Waals surface area contributed by atoms with Crippen molar-refractivity contribution >= 4 is 15.9 Å². The molecule has 1 unspecified atom stereocenters. The number of rotatable bonds is 3. The van der Waals surface area contributed by atoms with E-state index in [1.807, 2.05) is 13.0 Å². The topological polar surface area (TPSA) is 31.4 Å². The summed E-state index contributed by atoms with van der Waals surface area (Å²) in [7, 11) is 0. The van der Waals surface area contributed by atoms with Gasteiger partial charge in [0.15, 0.2) is 0 Å². The van der Waals surface area contributed by atoms with Crippen LogP contribution < -0.4 is 4.74 Å². The van der Waals surface area contributed by atoms with E-state index in [1.54, 1.807) is 6.20 Å². The summed E-state index contributed by atoms with van der Waals surface area (Å²) >= 11 is 3.38. The number of nitrogens with zero attached hydrogens (tertiary/aromatic N) is 1. The van der Waals surface area contributed by atoms with Crippen molar-refractivity contribution < 1.29 is 9.47 Å². The zero-order valence-corrected chi connectivity index (χ0v) is 10.3. The maximum Gasteiger partial charge on any atom is 0.216 e. The van der Waals surface area contributed by atoms with Crippen molar-refractivity contribution in [2.45, 2.75) is 13.3 Å². The highest BCUT2D eigenvalue weighted by Gasteiger charge is 2.16. The van der Waals surface area contributed by atoms with Crippen LogP contribution in [0.4, 0.5) is 0 Å². The molecule has 0 saturated carbocycles. The first-order chi connectivity index (χ1) is 7.25. The van der Waals surface area contributed by atoms with Gasteiger partial charge >= 0.3 is 0 Å². The molecule has 1 aliphatic rings. The summed E-state index contributed by atoms with van der Waals surface area (Å²) in [6.45, 7) is 4.38. The number of hydrogen-bond acceptors (Lipinski definition) is 3. The SMILES string of the molecule is Cc1cc(Br)cnc1OCC1CCOC1. The molecule has 1 fully saturated rings. The van der Waals surface area contributed by atoms with Gasteiger partial charge in [0.25, 0.3) is 0 Å². The molecule has 0 spiro atoms. The van der Waals surface area contributed by atoms with E-state index >= 15 is 0 Å². The lowest BCUT2D eigenvalue weighted by Crippen LogP contribution is -2.12. The summed E-state index contributed by atoms with van der Waals surface area (Å²) in [5.74, 6) is 1.25. The van der Waals surface area contributed by atoms with Gasteiger partial charge in [0.1, 0.15) is 0 Å². The molecule has 0 amide bonds. The van der Waals surface area contributed by atoms with Gasteiger partial charge in [0, 0.05) is 28.8 Å². The van der Waals surface area contributed by atoms with Crippen molar-refractivity contribution in [1.82, 2.24) is 4.98 Å². The lowest BCUT2D eigenvalue weighted by Gasteiger charge is -2.11. The molecule has 1 saturated heterocycles. The minimum absolute atomic E-state index is 0.523. The molecular formula is C11H14BrNO2. The molecule has 1 aromatic rings. The lowest BCUT2D eigenvalue weighted by molar-refractivity contribution is 0.165. The molecule has 0 radical (unpaired) electrons. The second-order valence-electron chi connectivity index (χ2n) is 3.82. The molecular weight excluding hydrogens is 258 g/mol. The standard InChI is InChI=1S/C11H14BrNO2/c1-8-4-10(12)5-13-11(8)15-7-9-2-3-14-6-9/h4-5,9H,2-3,6-7H2,1H3. The molecule has 82 valence electrons. The number of pyridine rings is 1. The Morgan fingerprint density at radius 3 is 3.20 bits per heavy atom. The zero-order valence-electron chi connectivity index (χ0n) is 8.70. The average molecular weight is 272 g/mol. The molecule has 3 nitrogen and oxygen atoms in total. The predicted molar refractivity (Wildman–Crippen MR) is 61.1 cm³/mol. The van der Waals surface area contributed by atoms with Crippen molar-refractivity contribution in [1.29, 1.82) is 0 Å². The Morgan fingerprint density at radius 2 is 2.53 bits per heavy atom. The van der Waals surface area contributed by atoms with Crippen LogP contribution in [-0.2, 0) is 4.74 Å². The molecule has 1 aliphatic heterocycles. The minimum Gasteiger partial charge on any atom is -0.477 e. The maximum absolute atomic E-state index is 5.66. The first-order valence-electron chi connectivity index (χ1n) is 5.08. The fraction of sp³-hybridized carbons (Fsp3) is 0.545. The van der Waals surface area contributed by atoms with E-state index in [1.165, 1.54) is 0 Å². The highest BCUT2D eigenvalue weighted by molar-refractivity contribution is 9.10. The van der Waals surface area contributed by atoms with E-state index in [4.69, 9.17) is 9.47 Å². The van der Waals surface area contributed by atoms with Crippen molar-refractivity contribution in [3.05, 3.63) is 22.3 Å². The maximum atomic E-state index is 5.66. The highest BCUT2D eigenvalue weighted by Crippen LogP contribution is 2.20. The fourth-order valence-corrected chi connectivity index (χ4v) is 2.04. The first kappa shape index (κ1) is 10.9. The van der Waals surface area contributed by atoms with Crippen LogP contribution in [0.2, 0.25) is 0 Å². The Hall–Kier alpha value is -0.610. The number of hydrogen-bond donors (Lipinski definition) is 0. The van der Waals surface area contributed by atoms with E-state index < -0.39 is 0 Å². The van der Waals surface area contributed by atoms with Gasteiger partial charge in [-0.2, -0.15) is 0 Å². The van der Waals surface area contributed by atoms with Gasteiger partial charge < -0.3 is 9.47 Å². The second kappa shape index (κ2) is 4.94. The normalized spacial score (nSPS) is 20.5. The number of halogens is 1. The highest BCUT2D eigenvalue weighted by atomic mass is 79.9. The van der Waals surface area contributed by atoms with Gasteiger partial charge in [-0.3, -0.25) is 0 Å². The van der Waals surface area contributed by atoms with Crippen LogP contribution >= 0.6 is 15.9 Å². The zero-order chi connectivity index (χ0) is 10.7. The summed E-state index contributed by atoms with van der Waals surface area (Å²) in [4.78, 5) is 4.23. The molecule has 4 heteroatoms. The molecule has 1 atom stereocenters. The van der Waals surface area contributed by atoms with Crippen LogP contribution in [0.5, 0.6) is 5.88 Å². The largest absolute Gasteiger partial charge is 0.477 e. The molecule has 0 bridgehead atoms. The average Bonchev–Trinajstić information content (AvgIpc) is 2.69. The van der Waals surface area contributed by atoms with Gasteiger partial charge in [-0.05, 0) is 35.3 Å². The summed E-state index contributed by atoms with van der Waals surface area (Å²) in [5, 5.41) is 0. The van der Waals surface area contributed by atoms with Crippen molar-refractivity contribution in [3.63, 3.8) is 0 Å². The quantitative estimate of drug-likeness (QED) is 0.847. The minimum atomic E-state index is 0.523. The van der Waals surface area contributed by atoms with Crippen molar-refractivity contribution in [2.75, 3.05) is 19.8 Å². The van der Waals surface area contributed by atoms with Crippen LogP contribution in [0.3, 0.4) is 0 Å². The van der Waals surface area contributed by atoms with Gasteiger partial charge in [0.2, 0.25) is 5.88 Å². The van der Waals surface area contributed by atoms with Gasteiger partial charge in [-0.1, -0.05) is 0 Å². The molecule has 0 aromatic carbocycles.